The lowest BCUT2D eigenvalue weighted by Crippen LogP contribution is -2.15. The van der Waals surface area contributed by atoms with E-state index in [4.69, 9.17) is 5.11 Å². The van der Waals surface area contributed by atoms with Crippen LogP contribution in [0.25, 0.3) is 5.69 Å². The maximum absolute atomic E-state index is 13.6. The van der Waals surface area contributed by atoms with Gasteiger partial charge in [0.1, 0.15) is 5.82 Å². The Balaban J connectivity index is 1.63. The Morgan fingerprint density at radius 1 is 1.15 bits per heavy atom. The van der Waals surface area contributed by atoms with E-state index in [0.717, 1.165) is 12.8 Å². The number of nitrogens with zero attached hydrogens (tertiary/aromatic N) is 3. The van der Waals surface area contributed by atoms with E-state index < -0.39 is 17.7 Å². The lowest BCUT2D eigenvalue weighted by Gasteiger charge is -2.08. The van der Waals surface area contributed by atoms with Crippen molar-refractivity contribution in [2.24, 2.45) is 0 Å². The molecule has 2 aromatic carbocycles. The van der Waals surface area contributed by atoms with Crippen LogP contribution in [0.1, 0.15) is 45.3 Å². The van der Waals surface area contributed by atoms with Crippen molar-refractivity contribution in [2.45, 2.75) is 18.8 Å². The van der Waals surface area contributed by atoms with E-state index >= 15 is 0 Å². The minimum absolute atomic E-state index is 0.128. The number of nitrogens with one attached hydrogen (secondary N) is 1. The Morgan fingerprint density at radius 3 is 2.52 bits per heavy atom. The highest BCUT2D eigenvalue weighted by Gasteiger charge is 2.34. The summed E-state index contributed by atoms with van der Waals surface area (Å²) < 4.78 is 15.1. The predicted molar refractivity (Wildman–Crippen MR) is 94.6 cm³/mol. The maximum Gasteiger partial charge on any atom is 0.335 e. The molecule has 0 radical (unpaired) electrons. The fourth-order valence-corrected chi connectivity index (χ4v) is 2.86. The number of amides is 1. The van der Waals surface area contributed by atoms with Gasteiger partial charge in [0, 0.05) is 11.6 Å². The molecule has 27 heavy (non-hydrogen) atoms. The van der Waals surface area contributed by atoms with Crippen molar-refractivity contribution in [3.8, 4) is 5.69 Å². The summed E-state index contributed by atoms with van der Waals surface area (Å²) in [5, 5.41) is 19.7. The highest BCUT2D eigenvalue weighted by molar-refractivity contribution is 6.04. The smallest absolute Gasteiger partial charge is 0.335 e. The molecule has 136 valence electrons. The molecule has 1 aliphatic carbocycles. The maximum atomic E-state index is 13.6. The molecule has 1 aliphatic rings. The second-order valence-corrected chi connectivity index (χ2v) is 6.33. The largest absolute Gasteiger partial charge is 0.478 e. The highest BCUT2D eigenvalue weighted by Crippen LogP contribution is 2.42. The summed E-state index contributed by atoms with van der Waals surface area (Å²) in [7, 11) is 0. The van der Waals surface area contributed by atoms with Crippen LogP contribution >= 0.6 is 0 Å². The summed E-state index contributed by atoms with van der Waals surface area (Å²) in [6.07, 6.45) is 1.83. The molecule has 2 N–H and O–H groups in total. The average molecular weight is 366 g/mol. The number of aromatic nitrogens is 3. The topological polar surface area (TPSA) is 97.1 Å². The van der Waals surface area contributed by atoms with Crippen LogP contribution in [-0.2, 0) is 0 Å². The summed E-state index contributed by atoms with van der Waals surface area (Å²) in [6, 6.07) is 11.8. The zero-order chi connectivity index (χ0) is 19.0. The van der Waals surface area contributed by atoms with E-state index in [1.54, 1.807) is 12.1 Å². The number of carboxylic acid groups (broad SMARTS) is 1. The molecule has 1 amide bonds. The average Bonchev–Trinajstić information content (AvgIpc) is 3.39. The summed E-state index contributed by atoms with van der Waals surface area (Å²) >= 11 is 0. The third-order valence-electron chi connectivity index (χ3n) is 4.33. The molecule has 1 fully saturated rings. The van der Waals surface area contributed by atoms with Gasteiger partial charge in [0.05, 0.1) is 16.9 Å². The van der Waals surface area contributed by atoms with Gasteiger partial charge >= 0.3 is 5.97 Å². The second kappa shape index (κ2) is 6.64. The van der Waals surface area contributed by atoms with Crippen LogP contribution in [-0.4, -0.2) is 32.0 Å². The van der Waals surface area contributed by atoms with Crippen LogP contribution in [0.4, 0.5) is 10.1 Å². The number of rotatable bonds is 5. The fourth-order valence-electron chi connectivity index (χ4n) is 2.86. The van der Waals surface area contributed by atoms with Gasteiger partial charge in [0.15, 0.2) is 5.69 Å². The standard InChI is InChI=1S/C19H15FN4O3/c20-13-2-1-3-15(10-13)24-17(11-4-5-11)16(22-23-24)18(25)21-14-8-6-12(7-9-14)19(26)27/h1-3,6-11H,4-5H2,(H,21,25)(H,26,27). The monoisotopic (exact) mass is 366 g/mol. The summed E-state index contributed by atoms with van der Waals surface area (Å²) in [4.78, 5) is 23.6. The summed E-state index contributed by atoms with van der Waals surface area (Å²) in [5.41, 5.74) is 1.93. The van der Waals surface area contributed by atoms with Crippen LogP contribution < -0.4 is 5.32 Å². The van der Waals surface area contributed by atoms with Crippen molar-refractivity contribution in [3.63, 3.8) is 0 Å². The number of carbonyl (C=O) groups excluding carboxylic acids is 1. The number of halogens is 1. The SMILES string of the molecule is O=C(O)c1ccc(NC(=O)c2nnn(-c3cccc(F)c3)c2C2CC2)cc1. The molecule has 8 heteroatoms. The van der Waals surface area contributed by atoms with E-state index in [9.17, 15) is 14.0 Å². The molecule has 0 saturated heterocycles. The Kier molecular flexibility index (Phi) is 4.15. The minimum Gasteiger partial charge on any atom is -0.478 e. The Hall–Kier alpha value is -3.55. The number of anilines is 1. The molecule has 0 aliphatic heterocycles. The van der Waals surface area contributed by atoms with E-state index in [1.165, 1.54) is 41.1 Å². The van der Waals surface area contributed by atoms with Crippen molar-refractivity contribution < 1.29 is 19.1 Å². The highest BCUT2D eigenvalue weighted by atomic mass is 19.1. The molecule has 1 aromatic heterocycles. The number of carbonyl (C=O) groups is 2. The molecular formula is C19H15FN4O3. The lowest BCUT2D eigenvalue weighted by molar-refractivity contribution is 0.0696. The van der Waals surface area contributed by atoms with Gasteiger partial charge in [-0.3, -0.25) is 4.79 Å². The number of hydrogen-bond donors (Lipinski definition) is 2. The number of aromatic carboxylic acids is 1. The van der Waals surface area contributed by atoms with Gasteiger partial charge in [-0.1, -0.05) is 11.3 Å². The number of hydrogen-bond acceptors (Lipinski definition) is 4. The van der Waals surface area contributed by atoms with Crippen molar-refractivity contribution in [1.82, 2.24) is 15.0 Å². The predicted octanol–water partition coefficient (Wildman–Crippen LogP) is 3.23. The molecule has 0 bridgehead atoms. The van der Waals surface area contributed by atoms with Crippen LogP contribution in [0.5, 0.6) is 0 Å². The Labute approximate surface area is 153 Å². The third kappa shape index (κ3) is 3.41. The van der Waals surface area contributed by atoms with Gasteiger partial charge in [-0.15, -0.1) is 5.10 Å². The fraction of sp³-hybridized carbons (Fsp3) is 0.158. The van der Waals surface area contributed by atoms with Gasteiger partial charge in [-0.05, 0) is 55.3 Å². The Morgan fingerprint density at radius 2 is 1.89 bits per heavy atom. The zero-order valence-electron chi connectivity index (χ0n) is 14.1. The Bertz CT molecular complexity index is 1030. The molecule has 1 heterocycles. The van der Waals surface area contributed by atoms with Crippen LogP contribution in [0, 0.1) is 5.82 Å². The van der Waals surface area contributed by atoms with Gasteiger partial charge in [-0.25, -0.2) is 13.9 Å². The van der Waals surface area contributed by atoms with Gasteiger partial charge in [0.2, 0.25) is 0 Å². The zero-order valence-corrected chi connectivity index (χ0v) is 14.1. The van der Waals surface area contributed by atoms with Crippen molar-refractivity contribution >= 4 is 17.6 Å². The number of benzene rings is 2. The molecule has 0 atom stereocenters. The summed E-state index contributed by atoms with van der Waals surface area (Å²) in [5.74, 6) is -1.72. The first kappa shape index (κ1) is 16.9. The van der Waals surface area contributed by atoms with Gasteiger partial charge in [0.25, 0.3) is 5.91 Å². The first-order valence-electron chi connectivity index (χ1n) is 8.39. The summed E-state index contributed by atoms with van der Waals surface area (Å²) in [6.45, 7) is 0. The van der Waals surface area contributed by atoms with Crippen LogP contribution in [0.15, 0.2) is 48.5 Å². The molecule has 0 unspecified atom stereocenters. The van der Waals surface area contributed by atoms with Crippen molar-refractivity contribution in [1.29, 1.82) is 0 Å². The van der Waals surface area contributed by atoms with Crippen molar-refractivity contribution in [3.05, 3.63) is 71.3 Å². The minimum atomic E-state index is -1.04. The van der Waals surface area contributed by atoms with Gasteiger partial charge in [-0.2, -0.15) is 0 Å². The quantitative estimate of drug-likeness (QED) is 0.722. The van der Waals surface area contributed by atoms with Crippen LogP contribution in [0.3, 0.4) is 0 Å². The molecular weight excluding hydrogens is 351 g/mol. The molecule has 7 nitrogen and oxygen atoms in total. The molecule has 3 aromatic rings. The van der Waals surface area contributed by atoms with Crippen molar-refractivity contribution in [2.75, 3.05) is 5.32 Å². The first-order chi connectivity index (χ1) is 13.0. The first-order valence-corrected chi connectivity index (χ1v) is 8.39. The molecule has 1 saturated carbocycles. The molecule has 0 spiro atoms. The van der Waals surface area contributed by atoms with E-state index in [2.05, 4.69) is 15.6 Å². The van der Waals surface area contributed by atoms with Gasteiger partial charge < -0.3 is 10.4 Å². The second-order valence-electron chi connectivity index (χ2n) is 6.33. The van der Waals surface area contributed by atoms with Crippen LogP contribution in [0.2, 0.25) is 0 Å². The number of carboxylic acids is 1. The van der Waals surface area contributed by atoms with E-state index in [1.807, 2.05) is 0 Å². The molecule has 4 rings (SSSR count). The van der Waals surface area contributed by atoms with E-state index in [-0.39, 0.29) is 17.2 Å². The van der Waals surface area contributed by atoms with E-state index in [0.29, 0.717) is 17.1 Å². The third-order valence-corrected chi connectivity index (χ3v) is 4.33. The lowest BCUT2D eigenvalue weighted by atomic mass is 10.2. The normalized spacial score (nSPS) is 13.4.